The molecule has 0 spiro atoms. The Bertz CT molecular complexity index is 598. The summed E-state index contributed by atoms with van der Waals surface area (Å²) in [6, 6.07) is 9.74. The second-order valence-corrected chi connectivity index (χ2v) is 5.53. The Balaban J connectivity index is 2.11. The molecule has 0 fully saturated rings. The van der Waals surface area contributed by atoms with Crippen molar-refractivity contribution < 1.29 is 9.90 Å². The highest BCUT2D eigenvalue weighted by molar-refractivity contribution is 9.10. The van der Waals surface area contributed by atoms with Crippen LogP contribution in [0.15, 0.2) is 34.8 Å². The van der Waals surface area contributed by atoms with Crippen molar-refractivity contribution in [3.05, 3.63) is 51.8 Å². The third-order valence-electron chi connectivity index (χ3n) is 2.86. The Morgan fingerprint density at radius 1 is 1.40 bits per heavy atom. The van der Waals surface area contributed by atoms with Crippen LogP contribution in [0, 0.1) is 6.92 Å². The molecule has 0 saturated heterocycles. The average molecular weight is 338 g/mol. The highest BCUT2D eigenvalue weighted by Gasteiger charge is 2.13. The molecule has 2 N–H and O–H groups in total. The van der Waals surface area contributed by atoms with E-state index in [2.05, 4.69) is 26.1 Å². The van der Waals surface area contributed by atoms with Gasteiger partial charge in [-0.3, -0.25) is 14.8 Å². The van der Waals surface area contributed by atoms with E-state index in [9.17, 15) is 4.79 Å². The van der Waals surface area contributed by atoms with Gasteiger partial charge < -0.3 is 5.11 Å². The van der Waals surface area contributed by atoms with Gasteiger partial charge in [-0.25, -0.2) is 0 Å². The molecule has 0 radical (unpaired) electrons. The Labute approximate surface area is 125 Å². The lowest BCUT2D eigenvalue weighted by Gasteiger charge is -2.19. The average Bonchev–Trinajstić information content (AvgIpc) is 2.77. The Hall–Kier alpha value is -1.66. The summed E-state index contributed by atoms with van der Waals surface area (Å²) in [6.07, 6.45) is 0. The van der Waals surface area contributed by atoms with Crippen molar-refractivity contribution in [1.82, 2.24) is 15.1 Å². The molecular formula is C14H16BrN3O2. The van der Waals surface area contributed by atoms with E-state index < -0.39 is 5.97 Å². The number of nitrogens with zero attached hydrogens (tertiary/aromatic N) is 2. The normalized spacial score (nSPS) is 10.9. The molecule has 0 unspecified atom stereocenters. The molecule has 0 aliphatic heterocycles. The van der Waals surface area contributed by atoms with E-state index in [1.54, 1.807) is 0 Å². The number of rotatable bonds is 6. The van der Waals surface area contributed by atoms with Crippen molar-refractivity contribution in [2.75, 3.05) is 6.54 Å². The summed E-state index contributed by atoms with van der Waals surface area (Å²) in [7, 11) is 0. The number of benzene rings is 1. The smallest absolute Gasteiger partial charge is 0.317 e. The minimum absolute atomic E-state index is 0.0206. The minimum Gasteiger partial charge on any atom is -0.480 e. The van der Waals surface area contributed by atoms with Gasteiger partial charge >= 0.3 is 5.97 Å². The van der Waals surface area contributed by atoms with Gasteiger partial charge in [0.2, 0.25) is 0 Å². The van der Waals surface area contributed by atoms with Crippen molar-refractivity contribution in [3.8, 4) is 0 Å². The van der Waals surface area contributed by atoms with Gasteiger partial charge in [-0.05, 0) is 24.6 Å². The number of aromatic nitrogens is 2. The fourth-order valence-electron chi connectivity index (χ4n) is 2.01. The molecule has 2 aromatic rings. The summed E-state index contributed by atoms with van der Waals surface area (Å²) in [6.45, 7) is 2.96. The first-order valence-electron chi connectivity index (χ1n) is 6.23. The summed E-state index contributed by atoms with van der Waals surface area (Å²) >= 11 is 3.48. The SMILES string of the molecule is Cc1cc(CN(CC(=O)O)Cc2ccccc2Br)n[nH]1. The Kier molecular flexibility index (Phi) is 4.92. The van der Waals surface area contributed by atoms with Gasteiger partial charge in [-0.15, -0.1) is 0 Å². The highest BCUT2D eigenvalue weighted by Crippen LogP contribution is 2.18. The molecule has 0 bridgehead atoms. The van der Waals surface area contributed by atoms with Crippen LogP contribution in [0.5, 0.6) is 0 Å². The molecular weight excluding hydrogens is 322 g/mol. The van der Waals surface area contributed by atoms with Gasteiger partial charge in [0, 0.05) is 23.3 Å². The number of H-pyrrole nitrogens is 1. The van der Waals surface area contributed by atoms with E-state index in [1.807, 2.05) is 42.2 Å². The van der Waals surface area contributed by atoms with Gasteiger partial charge in [0.15, 0.2) is 0 Å². The minimum atomic E-state index is -0.843. The monoisotopic (exact) mass is 337 g/mol. The zero-order chi connectivity index (χ0) is 14.5. The number of aromatic amines is 1. The lowest BCUT2D eigenvalue weighted by Crippen LogP contribution is -2.29. The van der Waals surface area contributed by atoms with Crippen LogP contribution in [0.3, 0.4) is 0 Å². The van der Waals surface area contributed by atoms with Crippen LogP contribution in [0.1, 0.15) is 17.0 Å². The van der Waals surface area contributed by atoms with Gasteiger partial charge in [0.25, 0.3) is 0 Å². The molecule has 0 saturated carbocycles. The number of hydrogen-bond acceptors (Lipinski definition) is 3. The summed E-state index contributed by atoms with van der Waals surface area (Å²) in [4.78, 5) is 12.8. The lowest BCUT2D eigenvalue weighted by atomic mass is 10.2. The molecule has 20 heavy (non-hydrogen) atoms. The van der Waals surface area contributed by atoms with Gasteiger partial charge in [-0.1, -0.05) is 34.1 Å². The Morgan fingerprint density at radius 3 is 2.75 bits per heavy atom. The highest BCUT2D eigenvalue weighted by atomic mass is 79.9. The summed E-state index contributed by atoms with van der Waals surface area (Å²) in [5.74, 6) is -0.843. The summed E-state index contributed by atoms with van der Waals surface area (Å²) in [5, 5.41) is 16.1. The first-order valence-corrected chi connectivity index (χ1v) is 7.02. The number of carboxylic acids is 1. The van der Waals surface area contributed by atoms with Crippen molar-refractivity contribution in [1.29, 1.82) is 0 Å². The summed E-state index contributed by atoms with van der Waals surface area (Å²) in [5.41, 5.74) is 2.87. The van der Waals surface area contributed by atoms with E-state index in [1.165, 1.54) is 0 Å². The zero-order valence-electron chi connectivity index (χ0n) is 11.1. The quantitative estimate of drug-likeness (QED) is 0.849. The molecule has 1 aromatic carbocycles. The van der Waals surface area contributed by atoms with Crippen molar-refractivity contribution >= 4 is 21.9 Å². The van der Waals surface area contributed by atoms with Crippen LogP contribution < -0.4 is 0 Å². The number of aryl methyl sites for hydroxylation is 1. The predicted octanol–water partition coefficient (Wildman–Crippen LogP) is 2.57. The van der Waals surface area contributed by atoms with E-state index in [-0.39, 0.29) is 6.54 Å². The second-order valence-electron chi connectivity index (χ2n) is 4.67. The second kappa shape index (κ2) is 6.67. The van der Waals surface area contributed by atoms with Crippen molar-refractivity contribution in [2.24, 2.45) is 0 Å². The van der Waals surface area contributed by atoms with Crippen LogP contribution in [0.2, 0.25) is 0 Å². The largest absolute Gasteiger partial charge is 0.480 e. The standard InChI is InChI=1S/C14H16BrN3O2/c1-10-6-12(17-16-10)8-18(9-14(19)20)7-11-4-2-3-5-13(11)15/h2-6H,7-9H2,1H3,(H,16,17)(H,19,20). The zero-order valence-corrected chi connectivity index (χ0v) is 12.7. The molecule has 0 amide bonds. The summed E-state index contributed by atoms with van der Waals surface area (Å²) < 4.78 is 0.980. The van der Waals surface area contributed by atoms with Gasteiger partial charge in [0.1, 0.15) is 0 Å². The first kappa shape index (κ1) is 14.7. The molecule has 0 aliphatic carbocycles. The van der Waals surface area contributed by atoms with Crippen LogP contribution in [-0.4, -0.2) is 32.7 Å². The van der Waals surface area contributed by atoms with Crippen LogP contribution in [-0.2, 0) is 17.9 Å². The van der Waals surface area contributed by atoms with Crippen molar-refractivity contribution in [2.45, 2.75) is 20.0 Å². The molecule has 6 heteroatoms. The van der Waals surface area contributed by atoms with Crippen LogP contribution >= 0.6 is 15.9 Å². The molecule has 0 aliphatic rings. The van der Waals surface area contributed by atoms with Gasteiger partial charge in [-0.2, -0.15) is 5.10 Å². The van der Waals surface area contributed by atoms with Gasteiger partial charge in [0.05, 0.1) is 12.2 Å². The topological polar surface area (TPSA) is 69.2 Å². The molecule has 0 atom stereocenters. The molecule has 5 nitrogen and oxygen atoms in total. The molecule has 1 heterocycles. The van der Waals surface area contributed by atoms with E-state index in [4.69, 9.17) is 5.11 Å². The van der Waals surface area contributed by atoms with Crippen LogP contribution in [0.4, 0.5) is 0 Å². The van der Waals surface area contributed by atoms with Crippen molar-refractivity contribution in [3.63, 3.8) is 0 Å². The van der Waals surface area contributed by atoms with E-state index in [0.29, 0.717) is 13.1 Å². The Morgan fingerprint density at radius 2 is 2.15 bits per heavy atom. The maximum absolute atomic E-state index is 11.0. The molecule has 106 valence electrons. The van der Waals surface area contributed by atoms with E-state index >= 15 is 0 Å². The number of carboxylic acid groups (broad SMARTS) is 1. The number of nitrogens with one attached hydrogen (secondary N) is 1. The maximum Gasteiger partial charge on any atom is 0.317 e. The fraction of sp³-hybridized carbons (Fsp3) is 0.286. The first-order chi connectivity index (χ1) is 9.54. The third kappa shape index (κ3) is 4.18. The molecule has 2 rings (SSSR count). The number of halogens is 1. The number of aliphatic carboxylic acids is 1. The fourth-order valence-corrected chi connectivity index (χ4v) is 2.42. The molecule has 1 aromatic heterocycles. The number of carbonyl (C=O) groups is 1. The lowest BCUT2D eigenvalue weighted by molar-refractivity contribution is -0.138. The third-order valence-corrected chi connectivity index (χ3v) is 3.63. The number of hydrogen-bond donors (Lipinski definition) is 2. The van der Waals surface area contributed by atoms with E-state index in [0.717, 1.165) is 21.4 Å². The van der Waals surface area contributed by atoms with Crippen LogP contribution in [0.25, 0.3) is 0 Å². The maximum atomic E-state index is 11.0. The predicted molar refractivity (Wildman–Crippen MR) is 79.2 cm³/mol.